The zero-order chi connectivity index (χ0) is 20.5. The molecule has 0 nitrogen and oxygen atoms in total. The molecule has 3 aromatic carbocycles. The summed E-state index contributed by atoms with van der Waals surface area (Å²) in [5.74, 6) is 0.466. The summed E-state index contributed by atoms with van der Waals surface area (Å²) in [6.45, 7) is 6.78. The number of aryl methyl sites for hydroxylation is 1. The molecule has 4 rings (SSSR count). The van der Waals surface area contributed by atoms with Crippen LogP contribution in [0.25, 0.3) is 22.8 Å². The van der Waals surface area contributed by atoms with Gasteiger partial charge in [0.15, 0.2) is 0 Å². The van der Waals surface area contributed by atoms with E-state index in [1.165, 1.54) is 44.5 Å². The molecule has 0 N–H and O–H groups in total. The van der Waals surface area contributed by atoms with E-state index in [9.17, 15) is 0 Å². The summed E-state index contributed by atoms with van der Waals surface area (Å²) < 4.78 is 0.175. The van der Waals surface area contributed by atoms with E-state index in [2.05, 4.69) is 93.6 Å². The van der Waals surface area contributed by atoms with Crippen molar-refractivity contribution < 1.29 is 19.4 Å². The maximum absolute atomic E-state index is 6.73. The predicted octanol–water partition coefficient (Wildman–Crippen LogP) is 8.56. The topological polar surface area (TPSA) is 0 Å². The zero-order valence-electron chi connectivity index (χ0n) is 17.0. The van der Waals surface area contributed by atoms with Crippen molar-refractivity contribution in [3.63, 3.8) is 0 Å². The number of hydrogen-bond acceptors (Lipinski definition) is 0. The Morgan fingerprint density at radius 2 is 1.59 bits per heavy atom. The first-order valence-electron chi connectivity index (χ1n) is 10.2. The quantitative estimate of drug-likeness (QED) is 0.330. The number of hydrogen-bond donors (Lipinski definition) is 0. The number of halogens is 2. The third-order valence-electron chi connectivity index (χ3n) is 5.85. The second-order valence-corrected chi connectivity index (χ2v) is 16.7. The van der Waals surface area contributed by atoms with Gasteiger partial charge >= 0.3 is 190 Å². The molecule has 0 radical (unpaired) electrons. The molecular formula is C26H25Cl2Zr. The van der Waals surface area contributed by atoms with Gasteiger partial charge in [0.1, 0.15) is 0 Å². The Bertz CT molecular complexity index is 1050. The zero-order valence-corrected chi connectivity index (χ0v) is 21.0. The third kappa shape index (κ3) is 3.95. The fourth-order valence-electron chi connectivity index (χ4n) is 4.45. The Morgan fingerprint density at radius 1 is 0.897 bits per heavy atom. The van der Waals surface area contributed by atoms with Crippen LogP contribution in [0.4, 0.5) is 0 Å². The first-order chi connectivity index (χ1) is 14.0. The molecule has 0 heterocycles. The molecule has 3 aromatic rings. The molecule has 0 saturated carbocycles. The van der Waals surface area contributed by atoms with Gasteiger partial charge in [0.25, 0.3) is 0 Å². The fourth-order valence-corrected chi connectivity index (χ4v) is 9.62. The Kier molecular flexibility index (Phi) is 6.50. The summed E-state index contributed by atoms with van der Waals surface area (Å²) in [5, 5.41) is 0. The average Bonchev–Trinajstić information content (AvgIpc) is 3.13. The number of benzene rings is 3. The average molecular weight is 500 g/mol. The number of fused-ring (bicyclic) bond motifs is 1. The standard InChI is InChI=1S/C26H25.2ClH.Zr/c1-4-19-14-15-21-16-22(20-10-6-5-7-11-20)17-25(21)26(19)24-13-9-8-12-23(24)18(2)3;;;/h5-18H,4H2,1-3H3;2*1H;/q;;;+2/p-2. The monoisotopic (exact) mass is 497 g/mol. The van der Waals surface area contributed by atoms with Crippen LogP contribution in [0.15, 0.2) is 66.7 Å². The van der Waals surface area contributed by atoms with Crippen LogP contribution in [0.5, 0.6) is 0 Å². The van der Waals surface area contributed by atoms with E-state index in [-0.39, 0.29) is 3.63 Å². The van der Waals surface area contributed by atoms with Crippen molar-refractivity contribution in [3.8, 4) is 11.1 Å². The number of rotatable bonds is 5. The molecule has 1 unspecified atom stereocenters. The molecule has 0 bridgehead atoms. The van der Waals surface area contributed by atoms with E-state index in [1.54, 1.807) is 0 Å². The van der Waals surface area contributed by atoms with Crippen molar-refractivity contribution in [2.75, 3.05) is 0 Å². The molecule has 1 atom stereocenters. The van der Waals surface area contributed by atoms with Crippen LogP contribution in [0, 0.1) is 0 Å². The van der Waals surface area contributed by atoms with E-state index < -0.39 is 19.4 Å². The van der Waals surface area contributed by atoms with E-state index in [4.69, 9.17) is 17.0 Å². The molecule has 29 heavy (non-hydrogen) atoms. The molecule has 1 aliphatic carbocycles. The van der Waals surface area contributed by atoms with Gasteiger partial charge in [-0.1, -0.05) is 0 Å². The molecule has 0 aliphatic heterocycles. The molecule has 0 saturated heterocycles. The van der Waals surface area contributed by atoms with Gasteiger partial charge < -0.3 is 0 Å². The van der Waals surface area contributed by atoms with Crippen molar-refractivity contribution in [1.82, 2.24) is 0 Å². The molecule has 1 aliphatic rings. The number of allylic oxidation sites excluding steroid dienone is 1. The maximum atomic E-state index is 6.73. The summed E-state index contributed by atoms with van der Waals surface area (Å²) in [7, 11) is 13.5. The van der Waals surface area contributed by atoms with Gasteiger partial charge in [0.05, 0.1) is 0 Å². The van der Waals surface area contributed by atoms with Gasteiger partial charge in [-0.3, -0.25) is 0 Å². The molecule has 3 heteroatoms. The summed E-state index contributed by atoms with van der Waals surface area (Å²) in [6.07, 6.45) is 3.37. The molecule has 0 spiro atoms. The second-order valence-electron chi connectivity index (χ2n) is 7.89. The molecular weight excluding hydrogens is 474 g/mol. The van der Waals surface area contributed by atoms with Crippen LogP contribution in [-0.2, 0) is 25.8 Å². The van der Waals surface area contributed by atoms with E-state index >= 15 is 0 Å². The molecule has 0 aromatic heterocycles. The predicted molar refractivity (Wildman–Crippen MR) is 124 cm³/mol. The minimum absolute atomic E-state index is 0.175. The summed E-state index contributed by atoms with van der Waals surface area (Å²) in [4.78, 5) is 0. The molecule has 0 fully saturated rings. The van der Waals surface area contributed by atoms with Crippen LogP contribution in [0.2, 0.25) is 0 Å². The van der Waals surface area contributed by atoms with E-state index in [0.717, 1.165) is 6.42 Å². The van der Waals surface area contributed by atoms with Crippen LogP contribution in [0.1, 0.15) is 58.1 Å². The Hall–Kier alpha value is -1.14. The summed E-state index contributed by atoms with van der Waals surface area (Å²) in [5.41, 5.74) is 10.6. The Morgan fingerprint density at radius 3 is 2.24 bits per heavy atom. The van der Waals surface area contributed by atoms with Crippen LogP contribution in [-0.4, -0.2) is 0 Å². The van der Waals surface area contributed by atoms with Crippen molar-refractivity contribution >= 4 is 28.7 Å². The van der Waals surface area contributed by atoms with Gasteiger partial charge in [0.2, 0.25) is 0 Å². The van der Waals surface area contributed by atoms with Gasteiger partial charge in [-0.2, -0.15) is 0 Å². The van der Waals surface area contributed by atoms with Gasteiger partial charge in [-0.15, -0.1) is 0 Å². The third-order valence-corrected chi connectivity index (χ3v) is 11.0. The SMILES string of the molecule is CCc1ccc2c(c1-c1ccccc1C(C)C)C=C(c1ccccc1)[CH]2[Zr]([Cl])[Cl]. The Labute approximate surface area is 189 Å². The van der Waals surface area contributed by atoms with Crippen molar-refractivity contribution in [2.45, 2.75) is 36.7 Å². The van der Waals surface area contributed by atoms with Crippen LogP contribution in [0.3, 0.4) is 0 Å². The fraction of sp³-hybridized carbons (Fsp3) is 0.231. The van der Waals surface area contributed by atoms with Gasteiger partial charge in [-0.05, 0) is 0 Å². The van der Waals surface area contributed by atoms with Gasteiger partial charge in [-0.25, -0.2) is 0 Å². The van der Waals surface area contributed by atoms with E-state index in [1.807, 2.05) is 0 Å². The van der Waals surface area contributed by atoms with Crippen molar-refractivity contribution in [1.29, 1.82) is 0 Å². The molecule has 147 valence electrons. The van der Waals surface area contributed by atoms with E-state index in [0.29, 0.717) is 5.92 Å². The van der Waals surface area contributed by atoms with Gasteiger partial charge in [0, 0.05) is 0 Å². The van der Waals surface area contributed by atoms with Crippen molar-refractivity contribution in [3.05, 3.63) is 94.5 Å². The summed E-state index contributed by atoms with van der Waals surface area (Å²) in [6, 6.07) is 24.0. The molecule has 0 amide bonds. The summed E-state index contributed by atoms with van der Waals surface area (Å²) >= 11 is -2.60. The first-order valence-corrected chi connectivity index (χ1v) is 18.0. The minimum atomic E-state index is -2.60. The second kappa shape index (κ2) is 8.93. The Balaban J connectivity index is 2.01. The van der Waals surface area contributed by atoms with Crippen LogP contribution >= 0.6 is 17.0 Å². The first kappa shape index (κ1) is 21.1. The van der Waals surface area contributed by atoms with Crippen molar-refractivity contribution in [2.24, 2.45) is 0 Å². The van der Waals surface area contributed by atoms with Crippen LogP contribution < -0.4 is 0 Å². The normalized spacial score (nSPS) is 15.4.